The highest BCUT2D eigenvalue weighted by Crippen LogP contribution is 2.29. The maximum atomic E-state index is 4.14. The number of nitrogens with zero attached hydrogens (tertiary/aromatic N) is 2. The van der Waals surface area contributed by atoms with Crippen LogP contribution in [0.25, 0.3) is 0 Å². The fourth-order valence-electron chi connectivity index (χ4n) is 2.79. The number of aromatic nitrogens is 1. The summed E-state index contributed by atoms with van der Waals surface area (Å²) >= 11 is 0. The van der Waals surface area contributed by atoms with Gasteiger partial charge >= 0.3 is 0 Å². The third-order valence-corrected chi connectivity index (χ3v) is 3.67. The minimum Gasteiger partial charge on any atom is -0.379 e. The number of nitrogens with one attached hydrogen (secondary N) is 1. The highest BCUT2D eigenvalue weighted by molar-refractivity contribution is 5.41. The summed E-state index contributed by atoms with van der Waals surface area (Å²) in [6, 6.07) is 4.73. The molecule has 0 saturated carbocycles. The molecule has 1 aromatic heterocycles. The molecule has 3 saturated heterocycles. The van der Waals surface area contributed by atoms with Crippen LogP contribution in [0.15, 0.2) is 24.5 Å². The second kappa shape index (κ2) is 3.81. The maximum absolute atomic E-state index is 4.14. The third-order valence-electron chi connectivity index (χ3n) is 3.67. The van der Waals surface area contributed by atoms with Gasteiger partial charge in [0.15, 0.2) is 0 Å². The van der Waals surface area contributed by atoms with Gasteiger partial charge < -0.3 is 10.2 Å². The highest BCUT2D eigenvalue weighted by atomic mass is 15.2. The highest BCUT2D eigenvalue weighted by Gasteiger charge is 2.33. The Balaban J connectivity index is 1.69. The molecular weight excluding hydrogens is 186 g/mol. The zero-order valence-corrected chi connectivity index (χ0v) is 8.89. The number of rotatable bonds is 2. The lowest BCUT2D eigenvalue weighted by atomic mass is 9.84. The summed E-state index contributed by atoms with van der Waals surface area (Å²) in [4.78, 5) is 6.70. The number of anilines is 1. The van der Waals surface area contributed by atoms with Crippen molar-refractivity contribution in [3.8, 4) is 0 Å². The summed E-state index contributed by atoms with van der Waals surface area (Å²) in [5.74, 6) is 0.871. The molecule has 0 spiro atoms. The van der Waals surface area contributed by atoms with Crippen molar-refractivity contribution >= 4 is 5.69 Å². The summed E-state index contributed by atoms with van der Waals surface area (Å²) in [6.07, 6.45) is 6.45. The summed E-state index contributed by atoms with van der Waals surface area (Å²) in [7, 11) is 0. The van der Waals surface area contributed by atoms with Crippen molar-refractivity contribution in [1.82, 2.24) is 9.88 Å². The Hall–Kier alpha value is -1.09. The summed E-state index contributed by atoms with van der Waals surface area (Å²) < 4.78 is 0. The molecular formula is C12H17N3. The molecule has 3 nitrogen and oxygen atoms in total. The Morgan fingerprint density at radius 2 is 2.20 bits per heavy atom. The maximum Gasteiger partial charge on any atom is 0.0529 e. The molecule has 4 rings (SSSR count). The first-order valence-electron chi connectivity index (χ1n) is 5.81. The molecule has 1 aromatic rings. The van der Waals surface area contributed by atoms with Gasteiger partial charge in [0, 0.05) is 25.0 Å². The van der Waals surface area contributed by atoms with Crippen LogP contribution in [0.3, 0.4) is 0 Å². The monoisotopic (exact) mass is 203 g/mol. The number of piperidine rings is 3. The lowest BCUT2D eigenvalue weighted by Gasteiger charge is -2.45. The van der Waals surface area contributed by atoms with Gasteiger partial charge in [-0.3, -0.25) is 4.98 Å². The molecule has 80 valence electrons. The second-order valence-corrected chi connectivity index (χ2v) is 4.63. The van der Waals surface area contributed by atoms with Gasteiger partial charge in [0.1, 0.15) is 0 Å². The Morgan fingerprint density at radius 3 is 2.80 bits per heavy atom. The van der Waals surface area contributed by atoms with E-state index in [1.165, 1.54) is 32.5 Å². The van der Waals surface area contributed by atoms with E-state index in [0.29, 0.717) is 6.04 Å². The topological polar surface area (TPSA) is 28.2 Å². The van der Waals surface area contributed by atoms with E-state index < -0.39 is 0 Å². The lowest BCUT2D eigenvalue weighted by molar-refractivity contribution is 0.0975. The SMILES string of the molecule is c1cncc(NC2CN3CCC2CC3)c1. The smallest absolute Gasteiger partial charge is 0.0529 e. The third kappa shape index (κ3) is 1.84. The molecule has 3 heteroatoms. The molecule has 4 heterocycles. The van der Waals surface area contributed by atoms with E-state index in [4.69, 9.17) is 0 Å². The fraction of sp³-hybridized carbons (Fsp3) is 0.583. The van der Waals surface area contributed by atoms with E-state index in [9.17, 15) is 0 Å². The van der Waals surface area contributed by atoms with Crippen molar-refractivity contribution in [2.45, 2.75) is 18.9 Å². The average molecular weight is 203 g/mol. The minimum atomic E-state index is 0.636. The Bertz CT molecular complexity index is 317. The molecule has 1 unspecified atom stereocenters. The van der Waals surface area contributed by atoms with Crippen molar-refractivity contribution in [3.63, 3.8) is 0 Å². The number of hydrogen-bond donors (Lipinski definition) is 1. The predicted molar refractivity (Wildman–Crippen MR) is 60.8 cm³/mol. The Kier molecular flexibility index (Phi) is 2.33. The normalized spacial score (nSPS) is 34.0. The van der Waals surface area contributed by atoms with E-state index in [0.717, 1.165) is 11.6 Å². The first-order chi connectivity index (χ1) is 7.42. The Morgan fingerprint density at radius 1 is 1.33 bits per heavy atom. The van der Waals surface area contributed by atoms with Crippen LogP contribution in [0.1, 0.15) is 12.8 Å². The molecule has 2 bridgehead atoms. The quantitative estimate of drug-likeness (QED) is 0.791. The molecule has 1 atom stereocenters. The molecule has 0 aromatic carbocycles. The predicted octanol–water partition coefficient (Wildman–Crippen LogP) is 1.59. The average Bonchev–Trinajstić information content (AvgIpc) is 2.32. The first kappa shape index (κ1) is 9.16. The van der Waals surface area contributed by atoms with Crippen LogP contribution in [0.2, 0.25) is 0 Å². The van der Waals surface area contributed by atoms with Crippen LogP contribution in [0.4, 0.5) is 5.69 Å². The molecule has 15 heavy (non-hydrogen) atoms. The van der Waals surface area contributed by atoms with Crippen LogP contribution >= 0.6 is 0 Å². The van der Waals surface area contributed by atoms with Crippen molar-refractivity contribution in [2.75, 3.05) is 25.0 Å². The largest absolute Gasteiger partial charge is 0.379 e. The first-order valence-corrected chi connectivity index (χ1v) is 5.81. The van der Waals surface area contributed by atoms with Gasteiger partial charge in [-0.25, -0.2) is 0 Å². The lowest BCUT2D eigenvalue weighted by Crippen LogP contribution is -2.53. The van der Waals surface area contributed by atoms with Gasteiger partial charge in [-0.2, -0.15) is 0 Å². The fourth-order valence-corrected chi connectivity index (χ4v) is 2.79. The number of fused-ring (bicyclic) bond motifs is 3. The van der Waals surface area contributed by atoms with Crippen LogP contribution in [0.5, 0.6) is 0 Å². The van der Waals surface area contributed by atoms with Gasteiger partial charge in [-0.1, -0.05) is 0 Å². The van der Waals surface area contributed by atoms with Crippen LogP contribution < -0.4 is 5.32 Å². The van der Waals surface area contributed by atoms with E-state index in [1.54, 1.807) is 0 Å². The molecule has 1 N–H and O–H groups in total. The zero-order chi connectivity index (χ0) is 10.1. The van der Waals surface area contributed by atoms with E-state index in [-0.39, 0.29) is 0 Å². The minimum absolute atomic E-state index is 0.636. The Labute approximate surface area is 90.5 Å². The number of hydrogen-bond acceptors (Lipinski definition) is 3. The van der Waals surface area contributed by atoms with Gasteiger partial charge in [-0.05, 0) is 44.0 Å². The van der Waals surface area contributed by atoms with Crippen molar-refractivity contribution < 1.29 is 0 Å². The zero-order valence-electron chi connectivity index (χ0n) is 8.89. The molecule has 3 fully saturated rings. The van der Waals surface area contributed by atoms with Crippen molar-refractivity contribution in [1.29, 1.82) is 0 Å². The molecule has 0 radical (unpaired) electrons. The van der Waals surface area contributed by atoms with Gasteiger partial charge in [0.05, 0.1) is 5.69 Å². The van der Waals surface area contributed by atoms with Crippen molar-refractivity contribution in [2.24, 2.45) is 5.92 Å². The van der Waals surface area contributed by atoms with E-state index in [2.05, 4.69) is 21.3 Å². The van der Waals surface area contributed by atoms with Gasteiger partial charge in [0.2, 0.25) is 0 Å². The van der Waals surface area contributed by atoms with Crippen LogP contribution in [-0.4, -0.2) is 35.6 Å². The molecule has 3 aliphatic heterocycles. The number of pyridine rings is 1. The van der Waals surface area contributed by atoms with E-state index in [1.807, 2.05) is 18.5 Å². The van der Waals surface area contributed by atoms with Gasteiger partial charge in [-0.15, -0.1) is 0 Å². The van der Waals surface area contributed by atoms with Crippen LogP contribution in [-0.2, 0) is 0 Å². The summed E-state index contributed by atoms with van der Waals surface area (Å²) in [6.45, 7) is 3.81. The summed E-state index contributed by atoms with van der Waals surface area (Å²) in [5, 5.41) is 3.61. The summed E-state index contributed by atoms with van der Waals surface area (Å²) in [5.41, 5.74) is 1.16. The molecule has 0 aliphatic carbocycles. The van der Waals surface area contributed by atoms with Crippen molar-refractivity contribution in [3.05, 3.63) is 24.5 Å². The molecule has 3 aliphatic rings. The van der Waals surface area contributed by atoms with Gasteiger partial charge in [0.25, 0.3) is 0 Å². The second-order valence-electron chi connectivity index (χ2n) is 4.63. The van der Waals surface area contributed by atoms with E-state index >= 15 is 0 Å². The van der Waals surface area contributed by atoms with Crippen LogP contribution in [0, 0.1) is 5.92 Å². The molecule has 0 amide bonds. The standard InChI is InChI=1S/C12H17N3/c1-2-11(8-13-5-1)14-12-9-15-6-3-10(12)4-7-15/h1-2,5,8,10,12,14H,3-4,6-7,9H2.